The van der Waals surface area contributed by atoms with Gasteiger partial charge in [0.2, 0.25) is 0 Å². The van der Waals surface area contributed by atoms with Gasteiger partial charge in [-0.3, -0.25) is 15.0 Å². The molecule has 0 spiro atoms. The molecular weight excluding hydrogens is 476 g/mol. The minimum Gasteiger partial charge on any atom is -0.490 e. The average Bonchev–Trinajstić information content (AvgIpc) is 3.45. The number of carbonyl (C=O) groups is 2. The first-order valence-electron chi connectivity index (χ1n) is 10.1. The Kier molecular flexibility index (Phi) is 7.43. The van der Waals surface area contributed by atoms with E-state index in [4.69, 9.17) is 21.7 Å². The molecule has 1 aliphatic heterocycles. The van der Waals surface area contributed by atoms with Crippen molar-refractivity contribution < 1.29 is 19.1 Å². The van der Waals surface area contributed by atoms with Gasteiger partial charge in [0.15, 0.2) is 15.8 Å². The van der Waals surface area contributed by atoms with Gasteiger partial charge in [-0.25, -0.2) is 0 Å². The third-order valence-electron chi connectivity index (χ3n) is 4.55. The summed E-state index contributed by atoms with van der Waals surface area (Å²) in [5.74, 6) is 0.454. The van der Waals surface area contributed by atoms with E-state index in [0.717, 1.165) is 27.9 Å². The number of amides is 2. The van der Waals surface area contributed by atoms with Crippen molar-refractivity contribution in [1.82, 2.24) is 10.4 Å². The molecule has 0 bridgehead atoms. The van der Waals surface area contributed by atoms with Crippen LogP contribution in [0, 0.1) is 0 Å². The van der Waals surface area contributed by atoms with Crippen LogP contribution in [0.5, 0.6) is 11.5 Å². The van der Waals surface area contributed by atoms with Crippen LogP contribution in [-0.4, -0.2) is 27.8 Å². The molecule has 9 heteroatoms. The van der Waals surface area contributed by atoms with Crippen molar-refractivity contribution in [2.24, 2.45) is 0 Å². The van der Waals surface area contributed by atoms with Crippen LogP contribution in [0.15, 0.2) is 70.9 Å². The molecule has 0 atom stereocenters. The fraction of sp³-hybridized carbons (Fsp3) is 0.125. The van der Waals surface area contributed by atoms with Crippen molar-refractivity contribution >= 4 is 57.5 Å². The number of thiophene rings is 1. The Morgan fingerprint density at radius 2 is 1.91 bits per heavy atom. The lowest BCUT2D eigenvalue weighted by molar-refractivity contribution is -0.123. The summed E-state index contributed by atoms with van der Waals surface area (Å²) in [5.41, 5.74) is 4.39. The molecule has 6 nitrogen and oxygen atoms in total. The minimum absolute atomic E-state index is 0.268. The zero-order valence-electron chi connectivity index (χ0n) is 17.6. The molecule has 2 aromatic carbocycles. The third-order valence-corrected chi connectivity index (χ3v) is 6.73. The summed E-state index contributed by atoms with van der Waals surface area (Å²) in [5, 5.41) is 2.90. The molecule has 1 N–H and O–H groups in total. The first kappa shape index (κ1) is 23.0. The van der Waals surface area contributed by atoms with Gasteiger partial charge >= 0.3 is 0 Å². The molecule has 0 unspecified atom stereocenters. The Hall–Kier alpha value is -3.14. The van der Waals surface area contributed by atoms with Crippen molar-refractivity contribution in [2.75, 3.05) is 6.61 Å². The van der Waals surface area contributed by atoms with Crippen LogP contribution in [0.4, 0.5) is 0 Å². The molecular formula is C24H20N2O4S3. The van der Waals surface area contributed by atoms with E-state index in [1.807, 2.05) is 55.5 Å². The lowest BCUT2D eigenvalue weighted by Gasteiger charge is -2.14. The van der Waals surface area contributed by atoms with Crippen LogP contribution in [0.25, 0.3) is 6.08 Å². The number of hydrazine groups is 1. The molecule has 1 aliphatic rings. The molecule has 2 amide bonds. The van der Waals surface area contributed by atoms with Gasteiger partial charge in [0.05, 0.1) is 16.4 Å². The van der Waals surface area contributed by atoms with Crippen molar-refractivity contribution in [1.29, 1.82) is 0 Å². The normalized spacial score (nSPS) is 14.6. The Bertz CT molecular complexity index is 1190. The van der Waals surface area contributed by atoms with E-state index < -0.39 is 0 Å². The van der Waals surface area contributed by atoms with E-state index >= 15 is 0 Å². The van der Waals surface area contributed by atoms with Gasteiger partial charge in [-0.05, 0) is 59.9 Å². The highest BCUT2D eigenvalue weighted by molar-refractivity contribution is 8.26. The molecule has 3 aromatic rings. The summed E-state index contributed by atoms with van der Waals surface area (Å²) >= 11 is 7.72. The number of nitrogens with zero attached hydrogens (tertiary/aromatic N) is 1. The van der Waals surface area contributed by atoms with Gasteiger partial charge in [-0.15, -0.1) is 11.3 Å². The molecule has 2 heterocycles. The fourth-order valence-corrected chi connectivity index (χ4v) is 4.81. The summed E-state index contributed by atoms with van der Waals surface area (Å²) in [6.45, 7) is 2.79. The number of carbonyl (C=O) groups excluding carboxylic acids is 2. The van der Waals surface area contributed by atoms with Gasteiger partial charge in [-0.1, -0.05) is 54.2 Å². The number of rotatable bonds is 8. The maximum absolute atomic E-state index is 12.8. The second-order valence-electron chi connectivity index (χ2n) is 6.85. The Morgan fingerprint density at radius 3 is 2.64 bits per heavy atom. The maximum atomic E-state index is 12.8. The van der Waals surface area contributed by atoms with Crippen LogP contribution in [-0.2, 0) is 11.4 Å². The van der Waals surface area contributed by atoms with E-state index in [1.54, 1.807) is 23.6 Å². The molecule has 4 rings (SSSR count). The number of nitrogens with one attached hydrogen (secondary N) is 1. The Labute approximate surface area is 205 Å². The van der Waals surface area contributed by atoms with Gasteiger partial charge in [0.1, 0.15) is 6.61 Å². The standard InChI is InChI=1S/C24H20N2O4S3/c1-2-29-19-13-17(10-11-18(19)30-15-16-7-4-3-5-8-16)14-21-23(28)26(24(31)33-21)25-22(27)20-9-6-12-32-20/h3-14H,2,15H2,1H3,(H,25,27)/b21-14+. The Morgan fingerprint density at radius 1 is 1.09 bits per heavy atom. The number of benzene rings is 2. The zero-order chi connectivity index (χ0) is 23.2. The van der Waals surface area contributed by atoms with E-state index in [2.05, 4.69) is 5.43 Å². The van der Waals surface area contributed by atoms with Crippen LogP contribution < -0.4 is 14.9 Å². The average molecular weight is 497 g/mol. The highest BCUT2D eigenvalue weighted by Crippen LogP contribution is 2.34. The second kappa shape index (κ2) is 10.7. The zero-order valence-corrected chi connectivity index (χ0v) is 20.1. The van der Waals surface area contributed by atoms with Gasteiger partial charge < -0.3 is 9.47 Å². The van der Waals surface area contributed by atoms with Gasteiger partial charge in [-0.2, -0.15) is 5.01 Å². The smallest absolute Gasteiger partial charge is 0.285 e. The van der Waals surface area contributed by atoms with Gasteiger partial charge in [0.25, 0.3) is 11.8 Å². The number of ether oxygens (including phenoxy) is 2. The molecule has 1 saturated heterocycles. The maximum Gasteiger partial charge on any atom is 0.285 e. The minimum atomic E-state index is -0.378. The molecule has 0 radical (unpaired) electrons. The lowest BCUT2D eigenvalue weighted by Crippen LogP contribution is -2.44. The lowest BCUT2D eigenvalue weighted by atomic mass is 10.2. The predicted octanol–water partition coefficient (Wildman–Crippen LogP) is 5.27. The second-order valence-corrected chi connectivity index (χ2v) is 9.47. The number of hydrogen-bond acceptors (Lipinski definition) is 7. The number of thioether (sulfide) groups is 1. The van der Waals surface area contributed by atoms with Crippen molar-refractivity contribution in [3.05, 3.63) is 87.0 Å². The van der Waals surface area contributed by atoms with Crippen molar-refractivity contribution in [2.45, 2.75) is 13.5 Å². The molecule has 0 aliphatic carbocycles. The quantitative estimate of drug-likeness (QED) is 0.338. The summed E-state index contributed by atoms with van der Waals surface area (Å²) in [6, 6.07) is 18.8. The molecule has 1 aromatic heterocycles. The summed E-state index contributed by atoms with van der Waals surface area (Å²) < 4.78 is 12.0. The monoisotopic (exact) mass is 496 g/mol. The fourth-order valence-electron chi connectivity index (χ4n) is 3.02. The number of hydrogen-bond donors (Lipinski definition) is 1. The summed E-state index contributed by atoms with van der Waals surface area (Å²) in [7, 11) is 0. The topological polar surface area (TPSA) is 67.9 Å². The molecule has 0 saturated carbocycles. The van der Waals surface area contributed by atoms with Crippen LogP contribution >= 0.6 is 35.3 Å². The molecule has 168 valence electrons. The summed E-state index contributed by atoms with van der Waals surface area (Å²) in [4.78, 5) is 26.1. The van der Waals surface area contributed by atoms with Crippen molar-refractivity contribution in [3.63, 3.8) is 0 Å². The first-order chi connectivity index (χ1) is 16.0. The molecule has 1 fully saturated rings. The van der Waals surface area contributed by atoms with E-state index in [1.165, 1.54) is 11.3 Å². The van der Waals surface area contributed by atoms with Crippen LogP contribution in [0.1, 0.15) is 27.7 Å². The predicted molar refractivity (Wildman–Crippen MR) is 135 cm³/mol. The van der Waals surface area contributed by atoms with Gasteiger partial charge in [0, 0.05) is 0 Å². The summed E-state index contributed by atoms with van der Waals surface area (Å²) in [6.07, 6.45) is 1.72. The Balaban J connectivity index is 1.49. The van der Waals surface area contributed by atoms with Crippen LogP contribution in [0.2, 0.25) is 0 Å². The van der Waals surface area contributed by atoms with E-state index in [-0.39, 0.29) is 16.1 Å². The van der Waals surface area contributed by atoms with Crippen LogP contribution in [0.3, 0.4) is 0 Å². The molecule has 33 heavy (non-hydrogen) atoms. The first-order valence-corrected chi connectivity index (χ1v) is 12.2. The third kappa shape index (κ3) is 5.62. The highest BCUT2D eigenvalue weighted by atomic mass is 32.2. The SMILES string of the molecule is CCOc1cc(/C=C2/SC(=S)N(NC(=O)c3cccs3)C2=O)ccc1OCc1ccccc1. The van der Waals surface area contributed by atoms with Crippen molar-refractivity contribution in [3.8, 4) is 11.5 Å². The number of thiocarbonyl (C=S) groups is 1. The van der Waals surface area contributed by atoms with E-state index in [9.17, 15) is 9.59 Å². The largest absolute Gasteiger partial charge is 0.490 e. The van der Waals surface area contributed by atoms with E-state index in [0.29, 0.717) is 34.5 Å². The highest BCUT2D eigenvalue weighted by Gasteiger charge is 2.34.